The van der Waals surface area contributed by atoms with E-state index in [0.717, 1.165) is 121 Å². The Kier molecular flexibility index (Phi) is 70.3. The molecule has 0 saturated carbocycles. The van der Waals surface area contributed by atoms with Crippen LogP contribution in [0.3, 0.4) is 0 Å². The van der Waals surface area contributed by atoms with Gasteiger partial charge in [-0.2, -0.15) is 0 Å². The van der Waals surface area contributed by atoms with Crippen LogP contribution in [0, 0.1) is 11.8 Å². The summed E-state index contributed by atoms with van der Waals surface area (Å²) in [5, 5.41) is 10.6. The molecule has 19 heteroatoms. The van der Waals surface area contributed by atoms with Gasteiger partial charge in [-0.15, -0.1) is 0 Å². The first kappa shape index (κ1) is 97.5. The van der Waals surface area contributed by atoms with Crippen molar-refractivity contribution in [1.29, 1.82) is 0 Å². The lowest BCUT2D eigenvalue weighted by molar-refractivity contribution is -0.161. The summed E-state index contributed by atoms with van der Waals surface area (Å²) >= 11 is 0. The lowest BCUT2D eigenvalue weighted by Crippen LogP contribution is -2.30. The summed E-state index contributed by atoms with van der Waals surface area (Å²) in [6.45, 7) is 9.61. The van der Waals surface area contributed by atoms with Gasteiger partial charge in [-0.1, -0.05) is 348 Å². The normalized spacial score (nSPS) is 14.3. The molecule has 3 unspecified atom stereocenters. The van der Waals surface area contributed by atoms with Gasteiger partial charge in [-0.25, -0.2) is 9.13 Å². The zero-order valence-corrected chi connectivity index (χ0v) is 66.8. The molecule has 0 aliphatic carbocycles. The van der Waals surface area contributed by atoms with E-state index >= 15 is 0 Å². The van der Waals surface area contributed by atoms with Gasteiger partial charge >= 0.3 is 39.5 Å². The summed E-state index contributed by atoms with van der Waals surface area (Å²) < 4.78 is 68.6. The second-order valence-corrected chi connectivity index (χ2v) is 32.1. The fraction of sp³-hybridized carbons (Fsp3) is 0.901. The van der Waals surface area contributed by atoms with Gasteiger partial charge in [0, 0.05) is 25.7 Å². The molecule has 17 nitrogen and oxygen atoms in total. The number of phosphoric ester groups is 2. The average Bonchev–Trinajstić information content (AvgIpc) is 0.999. The Balaban J connectivity index is 5.24. The summed E-state index contributed by atoms with van der Waals surface area (Å²) in [5.41, 5.74) is 0. The van der Waals surface area contributed by atoms with E-state index in [1.165, 1.54) is 199 Å². The zero-order valence-electron chi connectivity index (χ0n) is 65.0. The van der Waals surface area contributed by atoms with Gasteiger partial charge in [-0.05, 0) is 63.2 Å². The zero-order chi connectivity index (χ0) is 73.5. The number of esters is 4. The van der Waals surface area contributed by atoms with Gasteiger partial charge in [0.2, 0.25) is 0 Å². The first-order valence-electron chi connectivity index (χ1n) is 41.3. The van der Waals surface area contributed by atoms with Crippen molar-refractivity contribution in [2.24, 2.45) is 11.8 Å². The lowest BCUT2D eigenvalue weighted by atomic mass is 9.99. The predicted molar refractivity (Wildman–Crippen MR) is 409 cm³/mol. The van der Waals surface area contributed by atoms with E-state index in [2.05, 4.69) is 65.8 Å². The smallest absolute Gasteiger partial charge is 0.462 e. The highest BCUT2D eigenvalue weighted by Crippen LogP contribution is 2.45. The summed E-state index contributed by atoms with van der Waals surface area (Å²) in [5.74, 6) is -0.520. The molecule has 100 heavy (non-hydrogen) atoms. The van der Waals surface area contributed by atoms with Crippen molar-refractivity contribution in [3.05, 3.63) is 24.3 Å². The highest BCUT2D eigenvalue weighted by molar-refractivity contribution is 7.47. The molecule has 0 fully saturated rings. The Labute approximate surface area is 612 Å². The van der Waals surface area contributed by atoms with Crippen LogP contribution in [0.15, 0.2) is 24.3 Å². The van der Waals surface area contributed by atoms with Crippen LogP contribution in [0.4, 0.5) is 0 Å². The quantitative estimate of drug-likeness (QED) is 0.0169. The molecule has 0 aromatic rings. The third-order valence-corrected chi connectivity index (χ3v) is 20.6. The summed E-state index contributed by atoms with van der Waals surface area (Å²) in [6, 6.07) is 0. The maximum atomic E-state index is 13.1. The van der Waals surface area contributed by atoms with E-state index < -0.39 is 97.5 Å². The summed E-state index contributed by atoms with van der Waals surface area (Å²) in [7, 11) is -9.93. The van der Waals surface area contributed by atoms with Gasteiger partial charge in [0.15, 0.2) is 12.2 Å². The number of allylic oxidation sites excluding steroid dienone is 4. The number of aliphatic hydroxyl groups is 1. The monoisotopic (exact) mass is 1460 g/mol. The van der Waals surface area contributed by atoms with Gasteiger partial charge < -0.3 is 33.8 Å². The topological polar surface area (TPSA) is 237 Å². The molecule has 0 amide bonds. The maximum absolute atomic E-state index is 13.1. The van der Waals surface area contributed by atoms with Gasteiger partial charge in [0.05, 0.1) is 26.4 Å². The van der Waals surface area contributed by atoms with Crippen LogP contribution < -0.4 is 0 Å². The number of hydrogen-bond donors (Lipinski definition) is 3. The summed E-state index contributed by atoms with van der Waals surface area (Å²) in [6.07, 6.45) is 64.6. The van der Waals surface area contributed by atoms with E-state index in [-0.39, 0.29) is 25.7 Å². The molecule has 0 aliphatic rings. The molecular weight excluding hydrogens is 1310 g/mol. The van der Waals surface area contributed by atoms with Crippen LogP contribution in [-0.2, 0) is 65.4 Å². The molecule has 0 rings (SSSR count). The fourth-order valence-electron chi connectivity index (χ4n) is 12.0. The van der Waals surface area contributed by atoms with Crippen molar-refractivity contribution in [3.63, 3.8) is 0 Å². The molecule has 0 spiro atoms. The molecule has 0 aliphatic heterocycles. The van der Waals surface area contributed by atoms with Gasteiger partial charge in [-0.3, -0.25) is 37.3 Å². The third-order valence-electron chi connectivity index (χ3n) is 18.7. The molecule has 6 atom stereocenters. The van der Waals surface area contributed by atoms with E-state index in [9.17, 15) is 43.2 Å². The Bertz CT molecular complexity index is 2020. The Morgan fingerprint density at radius 2 is 0.590 bits per heavy atom. The lowest BCUT2D eigenvalue weighted by Gasteiger charge is -2.21. The third kappa shape index (κ3) is 72.5. The van der Waals surface area contributed by atoms with Crippen molar-refractivity contribution in [3.8, 4) is 0 Å². The molecule has 0 saturated heterocycles. The number of rotatable bonds is 78. The van der Waals surface area contributed by atoms with Crippen LogP contribution in [0.1, 0.15) is 401 Å². The molecule has 0 heterocycles. The molecule has 590 valence electrons. The Morgan fingerprint density at radius 1 is 0.330 bits per heavy atom. The highest BCUT2D eigenvalue weighted by atomic mass is 31.2. The summed E-state index contributed by atoms with van der Waals surface area (Å²) in [4.78, 5) is 72.9. The number of carbonyl (C=O) groups excluding carboxylic acids is 4. The average molecular weight is 1460 g/mol. The second-order valence-electron chi connectivity index (χ2n) is 29.2. The number of carbonyl (C=O) groups is 4. The molecular formula is C81H154O17P2. The fourth-order valence-corrected chi connectivity index (χ4v) is 13.5. The van der Waals surface area contributed by atoms with Crippen molar-refractivity contribution < 1.29 is 80.2 Å². The van der Waals surface area contributed by atoms with Crippen LogP contribution >= 0.6 is 15.6 Å². The molecule has 0 bridgehead atoms. The van der Waals surface area contributed by atoms with Crippen molar-refractivity contribution in [2.75, 3.05) is 39.6 Å². The first-order valence-corrected chi connectivity index (χ1v) is 44.3. The standard InChI is InChI=1S/C81H154O17P2/c1-7-10-12-14-16-18-20-21-26-30-33-40-46-52-58-64-79(84)92-70-77(97-80(85)65-59-53-47-41-34-31-28-25-23-22-24-27-29-32-38-44-50-56-62-74(6)9-3)72-96-100(89,90)94-68-75(82)67-93-99(87,88)95-71-76(69-91-78(83)63-57-51-45-39-19-17-15-13-11-8-2)98-81(86)66-60-54-48-42-36-35-37-43-49-55-61-73(4)5/h18,20-21,26,73-77,82H,7-17,19,22-25,27-72H2,1-6H3,(H,87,88)(H,89,90)/b20-18-,26-21-/t74?,75-,76+,77+/m0/s1. The minimum absolute atomic E-state index is 0.101. The van der Waals surface area contributed by atoms with Crippen molar-refractivity contribution in [1.82, 2.24) is 0 Å². The van der Waals surface area contributed by atoms with Crippen molar-refractivity contribution in [2.45, 2.75) is 419 Å². The van der Waals surface area contributed by atoms with Gasteiger partial charge in [0.1, 0.15) is 19.3 Å². The van der Waals surface area contributed by atoms with Gasteiger partial charge in [0.25, 0.3) is 0 Å². The minimum atomic E-state index is -4.97. The number of ether oxygens (including phenoxy) is 4. The van der Waals surface area contributed by atoms with E-state index in [0.29, 0.717) is 25.7 Å². The largest absolute Gasteiger partial charge is 0.472 e. The van der Waals surface area contributed by atoms with Crippen molar-refractivity contribution >= 4 is 39.5 Å². The molecule has 0 radical (unpaired) electrons. The minimum Gasteiger partial charge on any atom is -0.462 e. The number of aliphatic hydroxyl groups excluding tert-OH is 1. The predicted octanol–water partition coefficient (Wildman–Crippen LogP) is 23.8. The molecule has 0 aromatic heterocycles. The molecule has 3 N–H and O–H groups in total. The van der Waals surface area contributed by atoms with E-state index in [1.807, 2.05) is 0 Å². The Morgan fingerprint density at radius 3 is 0.900 bits per heavy atom. The number of unbranched alkanes of at least 4 members (excludes halogenated alkanes) is 44. The van der Waals surface area contributed by atoms with Crippen LogP contribution in [0.2, 0.25) is 0 Å². The Hall–Kier alpha value is -2.46. The van der Waals surface area contributed by atoms with Crippen LogP contribution in [0.5, 0.6) is 0 Å². The second kappa shape index (κ2) is 72.1. The van der Waals surface area contributed by atoms with Crippen LogP contribution in [0.25, 0.3) is 0 Å². The molecule has 0 aromatic carbocycles. The SMILES string of the molecule is CCCCCC/C=C\C=C/CCCCCCCC(=O)OC[C@H](COP(=O)(O)OC[C@@H](O)COP(=O)(O)OC[C@@H](COC(=O)CCCCCCCCCCCC)OC(=O)CCCCCCCCCCCCC(C)C)OC(=O)CCCCCCCCCCCCCCCCCCCCC(C)CC. The maximum Gasteiger partial charge on any atom is 0.472 e. The number of hydrogen-bond acceptors (Lipinski definition) is 15. The van der Waals surface area contributed by atoms with E-state index in [1.54, 1.807) is 0 Å². The highest BCUT2D eigenvalue weighted by Gasteiger charge is 2.30. The first-order chi connectivity index (χ1) is 48.4. The van der Waals surface area contributed by atoms with E-state index in [4.69, 9.17) is 37.0 Å². The van der Waals surface area contributed by atoms with Crippen LogP contribution in [-0.4, -0.2) is 96.7 Å². The number of phosphoric acid groups is 2.